The summed E-state index contributed by atoms with van der Waals surface area (Å²) in [5, 5.41) is 8.26. The smallest absolute Gasteiger partial charge is 0.123 e. The van der Waals surface area contributed by atoms with Crippen LogP contribution in [0.15, 0.2) is 18.3 Å². The molecule has 0 fully saturated rings. The molecule has 0 unspecified atom stereocenters. The third kappa shape index (κ3) is 3.01. The van der Waals surface area contributed by atoms with Crippen molar-refractivity contribution in [2.24, 2.45) is 0 Å². The van der Waals surface area contributed by atoms with Crippen molar-refractivity contribution in [2.75, 3.05) is 7.11 Å². The maximum atomic E-state index is 5.92. The fraction of sp³-hybridized carbons (Fsp3) is 0.550. The van der Waals surface area contributed by atoms with Gasteiger partial charge in [0.1, 0.15) is 17.6 Å². The lowest BCUT2D eigenvalue weighted by Crippen LogP contribution is -2.25. The molecule has 0 bridgehead atoms. The number of hydrogen-bond donors (Lipinski definition) is 1. The normalized spacial score (nSPS) is 21.6. The summed E-state index contributed by atoms with van der Waals surface area (Å²) in [6.45, 7) is 5.98. The van der Waals surface area contributed by atoms with Gasteiger partial charge in [-0.2, -0.15) is 5.10 Å². The molecule has 0 amide bonds. The van der Waals surface area contributed by atoms with E-state index in [0.717, 1.165) is 49.4 Å². The number of rotatable bonds is 5. The molecule has 2 heterocycles. The van der Waals surface area contributed by atoms with Crippen LogP contribution >= 0.6 is 0 Å². The summed E-state index contributed by atoms with van der Waals surface area (Å²) in [5.74, 6) is 1.96. The maximum Gasteiger partial charge on any atom is 0.123 e. The van der Waals surface area contributed by atoms with Gasteiger partial charge in [-0.15, -0.1) is 0 Å². The van der Waals surface area contributed by atoms with Crippen LogP contribution in [-0.2, 0) is 25.9 Å². The van der Waals surface area contributed by atoms with Gasteiger partial charge in [0.25, 0.3) is 0 Å². The summed E-state index contributed by atoms with van der Waals surface area (Å²) >= 11 is 0. The molecule has 0 saturated heterocycles. The lowest BCUT2D eigenvalue weighted by Gasteiger charge is -2.24. The topological polar surface area (TPSA) is 48.3 Å². The number of benzene rings is 1. The van der Waals surface area contributed by atoms with Crippen LogP contribution in [-0.4, -0.2) is 23.0 Å². The Morgan fingerprint density at radius 1 is 1.40 bits per heavy atom. The minimum absolute atomic E-state index is 0.253. The summed E-state index contributed by atoms with van der Waals surface area (Å²) in [7, 11) is 1.74. The lowest BCUT2D eigenvalue weighted by atomic mass is 9.92. The molecule has 1 aliphatic heterocycles. The van der Waals surface area contributed by atoms with Crippen LogP contribution in [0, 0.1) is 0 Å². The Bertz CT molecular complexity index is 769. The standard InChI is InChI=1S/C20H27N3O2/c1-4-23-18-7-5-6-17(16(18)12-22-23)21-11-15-10-20-14(8-13(2)25-20)9-19(15)24-3/h9-10,12-13,17,21H,4-8,11H2,1-3H3/t13-,17+/m0/s1. The molecule has 4 rings (SSSR count). The minimum atomic E-state index is 0.253. The summed E-state index contributed by atoms with van der Waals surface area (Å²) in [4.78, 5) is 0. The number of nitrogens with one attached hydrogen (secondary N) is 1. The van der Waals surface area contributed by atoms with E-state index in [9.17, 15) is 0 Å². The highest BCUT2D eigenvalue weighted by molar-refractivity contribution is 5.48. The number of hydrogen-bond acceptors (Lipinski definition) is 4. The van der Waals surface area contributed by atoms with Crippen LogP contribution in [0.1, 0.15) is 55.1 Å². The molecule has 134 valence electrons. The van der Waals surface area contributed by atoms with E-state index in [-0.39, 0.29) is 6.10 Å². The van der Waals surface area contributed by atoms with Crippen LogP contribution in [0.25, 0.3) is 0 Å². The first-order chi connectivity index (χ1) is 12.2. The predicted octanol–water partition coefficient (Wildman–Crippen LogP) is 3.40. The van der Waals surface area contributed by atoms with E-state index in [0.29, 0.717) is 6.04 Å². The summed E-state index contributed by atoms with van der Waals surface area (Å²) in [6, 6.07) is 4.64. The molecule has 2 aromatic rings. The van der Waals surface area contributed by atoms with Crippen molar-refractivity contribution < 1.29 is 9.47 Å². The molecule has 1 aliphatic carbocycles. The predicted molar refractivity (Wildman–Crippen MR) is 97.2 cm³/mol. The highest BCUT2D eigenvalue weighted by atomic mass is 16.5. The van der Waals surface area contributed by atoms with Crippen LogP contribution in [0.2, 0.25) is 0 Å². The third-order valence-corrected chi connectivity index (χ3v) is 5.40. The van der Waals surface area contributed by atoms with E-state index in [4.69, 9.17) is 9.47 Å². The lowest BCUT2D eigenvalue weighted by molar-refractivity contribution is 0.254. The Balaban J connectivity index is 1.53. The monoisotopic (exact) mass is 341 g/mol. The first kappa shape index (κ1) is 16.5. The van der Waals surface area contributed by atoms with Crippen molar-refractivity contribution in [3.05, 3.63) is 40.7 Å². The van der Waals surface area contributed by atoms with E-state index >= 15 is 0 Å². The fourth-order valence-electron chi connectivity index (χ4n) is 4.15. The van der Waals surface area contributed by atoms with E-state index in [1.54, 1.807) is 7.11 Å². The molecule has 1 aromatic carbocycles. The molecular formula is C20H27N3O2. The van der Waals surface area contributed by atoms with Crippen molar-refractivity contribution in [2.45, 2.75) is 64.8 Å². The molecule has 0 saturated carbocycles. The van der Waals surface area contributed by atoms with Crippen LogP contribution < -0.4 is 14.8 Å². The average molecular weight is 341 g/mol. The Morgan fingerprint density at radius 3 is 3.08 bits per heavy atom. The second kappa shape index (κ2) is 6.71. The molecule has 0 radical (unpaired) electrons. The van der Waals surface area contributed by atoms with Gasteiger partial charge in [-0.05, 0) is 45.2 Å². The molecule has 5 heteroatoms. The van der Waals surface area contributed by atoms with Gasteiger partial charge in [-0.1, -0.05) is 0 Å². The number of methoxy groups -OCH3 is 1. The van der Waals surface area contributed by atoms with E-state index < -0.39 is 0 Å². The second-order valence-corrected chi connectivity index (χ2v) is 7.09. The van der Waals surface area contributed by atoms with Gasteiger partial charge in [0.05, 0.1) is 13.3 Å². The zero-order valence-electron chi connectivity index (χ0n) is 15.3. The Hall–Kier alpha value is -2.01. The van der Waals surface area contributed by atoms with Gasteiger partial charge in [-0.25, -0.2) is 0 Å². The van der Waals surface area contributed by atoms with Gasteiger partial charge in [0, 0.05) is 47.9 Å². The van der Waals surface area contributed by atoms with Gasteiger partial charge in [0.15, 0.2) is 0 Å². The van der Waals surface area contributed by atoms with Crippen LogP contribution in [0.3, 0.4) is 0 Å². The van der Waals surface area contributed by atoms with Gasteiger partial charge < -0.3 is 14.8 Å². The minimum Gasteiger partial charge on any atom is -0.496 e. The molecule has 2 aliphatic rings. The summed E-state index contributed by atoms with van der Waals surface area (Å²) in [6.07, 6.45) is 6.75. The number of aromatic nitrogens is 2. The zero-order chi connectivity index (χ0) is 17.4. The first-order valence-electron chi connectivity index (χ1n) is 9.34. The third-order valence-electron chi connectivity index (χ3n) is 5.40. The largest absolute Gasteiger partial charge is 0.496 e. The average Bonchev–Trinajstić information content (AvgIpc) is 3.20. The highest BCUT2D eigenvalue weighted by Gasteiger charge is 2.25. The molecule has 1 N–H and O–H groups in total. The molecule has 0 spiro atoms. The van der Waals surface area contributed by atoms with E-state index in [1.165, 1.54) is 23.2 Å². The van der Waals surface area contributed by atoms with E-state index in [1.807, 2.05) is 6.20 Å². The quantitative estimate of drug-likeness (QED) is 0.905. The van der Waals surface area contributed by atoms with Gasteiger partial charge >= 0.3 is 0 Å². The van der Waals surface area contributed by atoms with Crippen molar-refractivity contribution in [1.82, 2.24) is 15.1 Å². The highest BCUT2D eigenvalue weighted by Crippen LogP contribution is 2.36. The Kier molecular flexibility index (Phi) is 4.42. The fourth-order valence-corrected chi connectivity index (χ4v) is 4.15. The maximum absolute atomic E-state index is 5.92. The summed E-state index contributed by atoms with van der Waals surface area (Å²) < 4.78 is 13.7. The molecule has 1 aromatic heterocycles. The zero-order valence-corrected chi connectivity index (χ0v) is 15.3. The number of nitrogens with zero attached hydrogens (tertiary/aromatic N) is 2. The second-order valence-electron chi connectivity index (χ2n) is 7.09. The molecule has 25 heavy (non-hydrogen) atoms. The van der Waals surface area contributed by atoms with Gasteiger partial charge in [0.2, 0.25) is 0 Å². The molecular weight excluding hydrogens is 314 g/mol. The Labute approximate surface area is 149 Å². The van der Waals surface area contributed by atoms with Crippen LogP contribution in [0.5, 0.6) is 11.5 Å². The van der Waals surface area contributed by atoms with Crippen molar-refractivity contribution >= 4 is 0 Å². The number of fused-ring (bicyclic) bond motifs is 2. The molecule has 2 atom stereocenters. The first-order valence-corrected chi connectivity index (χ1v) is 9.34. The summed E-state index contributed by atoms with van der Waals surface area (Å²) in [5.41, 5.74) is 5.16. The Morgan fingerprint density at radius 2 is 2.28 bits per heavy atom. The SMILES string of the molecule is CCn1ncc2c1CCC[C@H]2NCc1cc2c(cc1OC)C[C@H](C)O2. The van der Waals surface area contributed by atoms with Crippen LogP contribution in [0.4, 0.5) is 0 Å². The van der Waals surface area contributed by atoms with Gasteiger partial charge in [-0.3, -0.25) is 4.68 Å². The van der Waals surface area contributed by atoms with Crippen molar-refractivity contribution in [3.8, 4) is 11.5 Å². The number of aryl methyl sites for hydroxylation is 1. The number of ether oxygens (including phenoxy) is 2. The van der Waals surface area contributed by atoms with Crippen molar-refractivity contribution in [1.29, 1.82) is 0 Å². The molecule has 5 nitrogen and oxygen atoms in total. The van der Waals surface area contributed by atoms with Crippen molar-refractivity contribution in [3.63, 3.8) is 0 Å². The van der Waals surface area contributed by atoms with E-state index in [2.05, 4.69) is 41.1 Å².